The standard InChI is InChI=1S/C14H15N3O2S/c1-2-15-13-8-12(17(18)19)9-14(16-13)20-10-11-6-4-3-5-7-11/h3-9H,2,10H2,1H3,(H,15,16). The fourth-order valence-corrected chi connectivity index (χ4v) is 2.55. The monoisotopic (exact) mass is 289 g/mol. The van der Waals surface area contributed by atoms with Gasteiger partial charge in [0.15, 0.2) is 0 Å². The van der Waals surface area contributed by atoms with Gasteiger partial charge in [0.2, 0.25) is 0 Å². The number of benzene rings is 1. The molecule has 2 aromatic rings. The van der Waals surface area contributed by atoms with E-state index >= 15 is 0 Å². The first-order chi connectivity index (χ1) is 9.69. The van der Waals surface area contributed by atoms with Crippen LogP contribution in [0.3, 0.4) is 0 Å². The molecule has 0 aliphatic rings. The van der Waals surface area contributed by atoms with Crippen LogP contribution in [0.15, 0.2) is 47.5 Å². The molecule has 5 nitrogen and oxygen atoms in total. The summed E-state index contributed by atoms with van der Waals surface area (Å²) >= 11 is 1.49. The molecular weight excluding hydrogens is 274 g/mol. The Kier molecular flexibility index (Phi) is 4.95. The maximum Gasteiger partial charge on any atom is 0.275 e. The van der Waals surface area contributed by atoms with E-state index in [0.29, 0.717) is 17.4 Å². The highest BCUT2D eigenvalue weighted by atomic mass is 32.2. The van der Waals surface area contributed by atoms with Crippen LogP contribution in [0.5, 0.6) is 0 Å². The SMILES string of the molecule is CCNc1cc([N+](=O)[O-])cc(SCc2ccccc2)n1. The van der Waals surface area contributed by atoms with Crippen molar-refractivity contribution >= 4 is 23.3 Å². The van der Waals surface area contributed by atoms with E-state index in [-0.39, 0.29) is 5.69 Å². The molecule has 0 radical (unpaired) electrons. The largest absolute Gasteiger partial charge is 0.370 e. The predicted molar refractivity (Wildman–Crippen MR) is 81.1 cm³/mol. The number of anilines is 1. The Balaban J connectivity index is 2.15. The van der Waals surface area contributed by atoms with Crippen molar-refractivity contribution < 1.29 is 4.92 Å². The van der Waals surface area contributed by atoms with Gasteiger partial charge in [-0.15, -0.1) is 11.8 Å². The van der Waals surface area contributed by atoms with Gasteiger partial charge >= 0.3 is 0 Å². The molecule has 0 aliphatic heterocycles. The Morgan fingerprint density at radius 2 is 2.05 bits per heavy atom. The Labute approximate surface area is 121 Å². The maximum absolute atomic E-state index is 10.9. The number of aromatic nitrogens is 1. The molecule has 104 valence electrons. The molecule has 0 amide bonds. The molecule has 0 unspecified atom stereocenters. The first kappa shape index (κ1) is 14.3. The minimum absolute atomic E-state index is 0.0616. The third kappa shape index (κ3) is 3.96. The molecule has 1 aromatic heterocycles. The van der Waals surface area contributed by atoms with E-state index in [2.05, 4.69) is 10.3 Å². The fourth-order valence-electron chi connectivity index (χ4n) is 1.67. The molecule has 0 bridgehead atoms. The normalized spacial score (nSPS) is 10.2. The second kappa shape index (κ2) is 6.91. The van der Waals surface area contributed by atoms with Gasteiger partial charge in [-0.05, 0) is 12.5 Å². The second-order valence-electron chi connectivity index (χ2n) is 4.11. The van der Waals surface area contributed by atoms with Crippen molar-refractivity contribution in [2.75, 3.05) is 11.9 Å². The van der Waals surface area contributed by atoms with Gasteiger partial charge in [-0.3, -0.25) is 10.1 Å². The van der Waals surface area contributed by atoms with Gasteiger partial charge in [-0.25, -0.2) is 4.98 Å². The van der Waals surface area contributed by atoms with E-state index < -0.39 is 4.92 Å². The number of hydrogen-bond acceptors (Lipinski definition) is 5. The number of thioether (sulfide) groups is 1. The summed E-state index contributed by atoms with van der Waals surface area (Å²) in [6.07, 6.45) is 0. The molecule has 0 spiro atoms. The Hall–Kier alpha value is -2.08. The summed E-state index contributed by atoms with van der Waals surface area (Å²) < 4.78 is 0. The van der Waals surface area contributed by atoms with E-state index in [9.17, 15) is 10.1 Å². The summed E-state index contributed by atoms with van der Waals surface area (Å²) in [4.78, 5) is 14.9. The lowest BCUT2D eigenvalue weighted by Gasteiger charge is -2.06. The average molecular weight is 289 g/mol. The van der Waals surface area contributed by atoms with E-state index in [1.54, 1.807) is 0 Å². The highest BCUT2D eigenvalue weighted by Gasteiger charge is 2.11. The quantitative estimate of drug-likeness (QED) is 0.499. The van der Waals surface area contributed by atoms with Crippen molar-refractivity contribution in [3.63, 3.8) is 0 Å². The van der Waals surface area contributed by atoms with Crippen LogP contribution < -0.4 is 5.32 Å². The van der Waals surface area contributed by atoms with Crippen LogP contribution in [0.1, 0.15) is 12.5 Å². The van der Waals surface area contributed by atoms with Crippen LogP contribution in [-0.4, -0.2) is 16.5 Å². The summed E-state index contributed by atoms with van der Waals surface area (Å²) in [6.45, 7) is 2.61. The minimum atomic E-state index is -0.394. The van der Waals surface area contributed by atoms with Crippen molar-refractivity contribution in [1.82, 2.24) is 4.98 Å². The third-order valence-corrected chi connectivity index (χ3v) is 3.57. The Bertz CT molecular complexity index is 590. The van der Waals surface area contributed by atoms with Gasteiger partial charge in [0.25, 0.3) is 5.69 Å². The number of hydrogen-bond donors (Lipinski definition) is 1. The van der Waals surface area contributed by atoms with Crippen LogP contribution in [0.2, 0.25) is 0 Å². The topological polar surface area (TPSA) is 68.1 Å². The zero-order valence-corrected chi connectivity index (χ0v) is 11.9. The molecule has 1 N–H and O–H groups in total. The number of nitrogens with zero attached hydrogens (tertiary/aromatic N) is 2. The summed E-state index contributed by atoms with van der Waals surface area (Å²) in [5, 5.41) is 14.6. The number of nitrogens with one attached hydrogen (secondary N) is 1. The molecule has 0 fully saturated rings. The fraction of sp³-hybridized carbons (Fsp3) is 0.214. The van der Waals surface area contributed by atoms with Crippen molar-refractivity contribution in [2.45, 2.75) is 17.7 Å². The van der Waals surface area contributed by atoms with Gasteiger partial charge in [-0.1, -0.05) is 30.3 Å². The van der Waals surface area contributed by atoms with E-state index in [4.69, 9.17) is 0 Å². The van der Waals surface area contributed by atoms with Crippen molar-refractivity contribution in [3.8, 4) is 0 Å². The summed E-state index contributed by atoms with van der Waals surface area (Å²) in [5.41, 5.74) is 1.22. The highest BCUT2D eigenvalue weighted by molar-refractivity contribution is 7.98. The summed E-state index contributed by atoms with van der Waals surface area (Å²) in [6, 6.07) is 12.9. The summed E-state index contributed by atoms with van der Waals surface area (Å²) in [5.74, 6) is 1.28. The predicted octanol–water partition coefficient (Wildman–Crippen LogP) is 3.71. The van der Waals surface area contributed by atoms with Crippen molar-refractivity contribution in [1.29, 1.82) is 0 Å². The van der Waals surface area contributed by atoms with Crippen LogP contribution in [0, 0.1) is 10.1 Å². The average Bonchev–Trinajstić information content (AvgIpc) is 2.46. The maximum atomic E-state index is 10.9. The molecule has 20 heavy (non-hydrogen) atoms. The Morgan fingerprint density at radius 3 is 2.70 bits per heavy atom. The molecule has 0 aliphatic carbocycles. The van der Waals surface area contributed by atoms with E-state index in [1.807, 2.05) is 37.3 Å². The zero-order valence-electron chi connectivity index (χ0n) is 11.1. The molecule has 0 saturated carbocycles. The van der Waals surface area contributed by atoms with Gasteiger partial charge < -0.3 is 5.32 Å². The second-order valence-corrected chi connectivity index (χ2v) is 5.11. The molecular formula is C14H15N3O2S. The van der Waals surface area contributed by atoms with Crippen LogP contribution in [-0.2, 0) is 5.75 Å². The lowest BCUT2D eigenvalue weighted by molar-refractivity contribution is -0.385. The van der Waals surface area contributed by atoms with Gasteiger partial charge in [0.05, 0.1) is 11.0 Å². The molecule has 1 aromatic carbocycles. The van der Waals surface area contributed by atoms with Gasteiger partial charge in [0.1, 0.15) is 10.8 Å². The van der Waals surface area contributed by atoms with Crippen molar-refractivity contribution in [2.24, 2.45) is 0 Å². The molecule has 2 rings (SSSR count). The smallest absolute Gasteiger partial charge is 0.275 e. The van der Waals surface area contributed by atoms with Gasteiger partial charge in [-0.2, -0.15) is 0 Å². The van der Waals surface area contributed by atoms with E-state index in [1.165, 1.54) is 23.9 Å². The zero-order chi connectivity index (χ0) is 14.4. The summed E-state index contributed by atoms with van der Waals surface area (Å²) in [7, 11) is 0. The number of rotatable bonds is 6. The highest BCUT2D eigenvalue weighted by Crippen LogP contribution is 2.26. The number of pyridine rings is 1. The van der Waals surface area contributed by atoms with Crippen LogP contribution >= 0.6 is 11.8 Å². The van der Waals surface area contributed by atoms with Crippen LogP contribution in [0.4, 0.5) is 11.5 Å². The third-order valence-electron chi connectivity index (χ3n) is 2.58. The Morgan fingerprint density at radius 1 is 1.30 bits per heavy atom. The lowest BCUT2D eigenvalue weighted by Crippen LogP contribution is -2.01. The lowest BCUT2D eigenvalue weighted by atomic mass is 10.2. The van der Waals surface area contributed by atoms with Crippen molar-refractivity contribution in [3.05, 3.63) is 58.1 Å². The van der Waals surface area contributed by atoms with Crippen LogP contribution in [0.25, 0.3) is 0 Å². The van der Waals surface area contributed by atoms with Gasteiger partial charge in [0, 0.05) is 18.4 Å². The molecule has 1 heterocycles. The van der Waals surface area contributed by atoms with E-state index in [0.717, 1.165) is 11.3 Å². The molecule has 0 atom stereocenters. The first-order valence-corrected chi connectivity index (χ1v) is 7.24. The first-order valence-electron chi connectivity index (χ1n) is 6.26. The minimum Gasteiger partial charge on any atom is -0.370 e. The molecule has 0 saturated heterocycles. The number of nitro groups is 1. The molecule has 6 heteroatoms.